The van der Waals surface area contributed by atoms with Crippen molar-refractivity contribution in [3.8, 4) is 5.75 Å². The summed E-state index contributed by atoms with van der Waals surface area (Å²) >= 11 is 0. The average molecular weight is 392 g/mol. The molecule has 148 valence electrons. The van der Waals surface area contributed by atoms with E-state index in [0.29, 0.717) is 29.7 Å². The van der Waals surface area contributed by atoms with Crippen LogP contribution in [0.15, 0.2) is 59.8 Å². The number of Topliss-reactive ketones (excluding diaryl/α,β-unsaturated/α-hetero) is 1. The second kappa shape index (κ2) is 7.50. The number of ether oxygens (including phenoxy) is 1. The van der Waals surface area contributed by atoms with Gasteiger partial charge in [0.1, 0.15) is 5.75 Å². The third kappa shape index (κ3) is 3.63. The fraction of sp³-hybridized carbons (Fsp3) is 0.273. The van der Waals surface area contributed by atoms with E-state index in [4.69, 9.17) is 4.74 Å². The molecule has 7 nitrogen and oxygen atoms in total. The van der Waals surface area contributed by atoms with Crippen LogP contribution in [-0.4, -0.2) is 23.7 Å². The number of amides is 1. The molecular weight excluding hydrogens is 372 g/mol. The number of carbonyl (C=O) groups is 2. The molecule has 0 aromatic heterocycles. The summed E-state index contributed by atoms with van der Waals surface area (Å²) in [7, 11) is 1.60. The number of nitrogens with one attached hydrogen (secondary N) is 1. The molecule has 1 aliphatic carbocycles. The SMILES string of the molecule is COc1ccc([C@H]2CC(=O)C3=C(C2)NC(=O)C[C@@H]3c2cccc([N+](=O)[O-])c2)cc1. The van der Waals surface area contributed by atoms with Crippen LogP contribution >= 0.6 is 0 Å². The van der Waals surface area contributed by atoms with Gasteiger partial charge in [-0.2, -0.15) is 0 Å². The number of nitro groups is 1. The van der Waals surface area contributed by atoms with Gasteiger partial charge in [-0.05, 0) is 35.6 Å². The van der Waals surface area contributed by atoms with Crippen molar-refractivity contribution in [2.75, 3.05) is 7.11 Å². The first kappa shape index (κ1) is 18.9. The Hall–Kier alpha value is -3.48. The molecule has 0 saturated heterocycles. The van der Waals surface area contributed by atoms with Crippen molar-refractivity contribution in [2.45, 2.75) is 31.1 Å². The molecule has 0 fully saturated rings. The third-order valence-corrected chi connectivity index (χ3v) is 5.61. The Morgan fingerprint density at radius 3 is 2.48 bits per heavy atom. The fourth-order valence-corrected chi connectivity index (χ4v) is 4.21. The molecule has 2 atom stereocenters. The number of nitro benzene ring substituents is 1. The predicted octanol–water partition coefficient (Wildman–Crippen LogP) is 3.61. The summed E-state index contributed by atoms with van der Waals surface area (Å²) in [6, 6.07) is 13.8. The highest BCUT2D eigenvalue weighted by Gasteiger charge is 2.38. The van der Waals surface area contributed by atoms with Gasteiger partial charge < -0.3 is 10.1 Å². The number of benzene rings is 2. The van der Waals surface area contributed by atoms with Crippen molar-refractivity contribution in [3.05, 3.63) is 81.0 Å². The van der Waals surface area contributed by atoms with Crippen LogP contribution in [0.4, 0.5) is 5.69 Å². The lowest BCUT2D eigenvalue weighted by Crippen LogP contribution is -2.38. The minimum Gasteiger partial charge on any atom is -0.497 e. The monoisotopic (exact) mass is 392 g/mol. The summed E-state index contributed by atoms with van der Waals surface area (Å²) in [6.45, 7) is 0. The van der Waals surface area contributed by atoms with E-state index in [-0.39, 0.29) is 29.7 Å². The number of hydrogen-bond acceptors (Lipinski definition) is 5. The smallest absolute Gasteiger partial charge is 0.269 e. The van der Waals surface area contributed by atoms with Gasteiger partial charge in [0, 0.05) is 42.2 Å². The van der Waals surface area contributed by atoms with Gasteiger partial charge >= 0.3 is 0 Å². The maximum Gasteiger partial charge on any atom is 0.269 e. The van der Waals surface area contributed by atoms with Crippen molar-refractivity contribution in [1.29, 1.82) is 0 Å². The summed E-state index contributed by atoms with van der Waals surface area (Å²) < 4.78 is 5.19. The van der Waals surface area contributed by atoms with E-state index in [0.717, 1.165) is 11.3 Å². The van der Waals surface area contributed by atoms with Gasteiger partial charge in [0.05, 0.1) is 12.0 Å². The van der Waals surface area contributed by atoms with Gasteiger partial charge in [-0.1, -0.05) is 24.3 Å². The van der Waals surface area contributed by atoms with Gasteiger partial charge in [0.15, 0.2) is 5.78 Å². The van der Waals surface area contributed by atoms with Gasteiger partial charge in [0.2, 0.25) is 5.91 Å². The number of methoxy groups -OCH3 is 1. The molecule has 0 saturated carbocycles. The van der Waals surface area contributed by atoms with Crippen molar-refractivity contribution in [2.24, 2.45) is 0 Å². The number of nitrogens with zero attached hydrogens (tertiary/aromatic N) is 1. The summed E-state index contributed by atoms with van der Waals surface area (Å²) in [6.07, 6.45) is 0.996. The van der Waals surface area contributed by atoms with Crippen LogP contribution in [0.2, 0.25) is 0 Å². The second-order valence-electron chi connectivity index (χ2n) is 7.35. The molecule has 0 radical (unpaired) electrons. The summed E-state index contributed by atoms with van der Waals surface area (Å²) in [5.41, 5.74) is 2.80. The average Bonchev–Trinajstić information content (AvgIpc) is 2.73. The first-order valence-corrected chi connectivity index (χ1v) is 9.40. The van der Waals surface area contributed by atoms with Crippen molar-refractivity contribution >= 4 is 17.4 Å². The van der Waals surface area contributed by atoms with E-state index < -0.39 is 10.8 Å². The zero-order valence-electron chi connectivity index (χ0n) is 15.9. The summed E-state index contributed by atoms with van der Waals surface area (Å²) in [4.78, 5) is 36.1. The molecule has 0 bridgehead atoms. The molecule has 1 aliphatic heterocycles. The third-order valence-electron chi connectivity index (χ3n) is 5.61. The summed E-state index contributed by atoms with van der Waals surface area (Å²) in [5, 5.41) is 14.0. The number of rotatable bonds is 4. The van der Waals surface area contributed by atoms with E-state index in [1.165, 1.54) is 12.1 Å². The highest BCUT2D eigenvalue weighted by atomic mass is 16.6. The number of carbonyl (C=O) groups excluding carboxylic acids is 2. The fourth-order valence-electron chi connectivity index (χ4n) is 4.21. The Morgan fingerprint density at radius 2 is 1.79 bits per heavy atom. The van der Waals surface area contributed by atoms with E-state index >= 15 is 0 Å². The lowest BCUT2D eigenvalue weighted by Gasteiger charge is -2.34. The second-order valence-corrected chi connectivity index (χ2v) is 7.35. The van der Waals surface area contributed by atoms with Crippen LogP contribution in [0.1, 0.15) is 42.2 Å². The quantitative estimate of drug-likeness (QED) is 0.633. The number of non-ortho nitro benzene ring substituents is 1. The lowest BCUT2D eigenvalue weighted by atomic mass is 9.73. The normalized spacial score (nSPS) is 21.4. The van der Waals surface area contributed by atoms with Crippen LogP contribution in [0.3, 0.4) is 0 Å². The molecule has 4 rings (SSSR count). The molecular formula is C22H20N2O5. The van der Waals surface area contributed by atoms with E-state index in [1.807, 2.05) is 24.3 Å². The molecule has 1 N–H and O–H groups in total. The molecule has 7 heteroatoms. The predicted molar refractivity (Wildman–Crippen MR) is 106 cm³/mol. The van der Waals surface area contributed by atoms with Crippen molar-refractivity contribution in [1.82, 2.24) is 5.32 Å². The Balaban J connectivity index is 1.69. The molecule has 0 unspecified atom stereocenters. The lowest BCUT2D eigenvalue weighted by molar-refractivity contribution is -0.384. The molecule has 29 heavy (non-hydrogen) atoms. The van der Waals surface area contributed by atoms with Crippen molar-refractivity contribution in [3.63, 3.8) is 0 Å². The molecule has 0 spiro atoms. The first-order chi connectivity index (χ1) is 14.0. The van der Waals surface area contributed by atoms with Crippen LogP contribution in [0.5, 0.6) is 5.75 Å². The van der Waals surface area contributed by atoms with Gasteiger partial charge in [-0.15, -0.1) is 0 Å². The Labute approximate surface area is 167 Å². The van der Waals surface area contributed by atoms with Crippen molar-refractivity contribution < 1.29 is 19.2 Å². The van der Waals surface area contributed by atoms with Crippen LogP contribution in [0, 0.1) is 10.1 Å². The highest BCUT2D eigenvalue weighted by molar-refractivity contribution is 6.02. The number of allylic oxidation sites excluding steroid dienone is 2. The first-order valence-electron chi connectivity index (χ1n) is 9.40. The molecule has 1 amide bonds. The van der Waals surface area contributed by atoms with Gasteiger partial charge in [0.25, 0.3) is 5.69 Å². The van der Waals surface area contributed by atoms with Crippen LogP contribution < -0.4 is 10.1 Å². The van der Waals surface area contributed by atoms with E-state index in [9.17, 15) is 19.7 Å². The zero-order valence-corrected chi connectivity index (χ0v) is 15.9. The van der Waals surface area contributed by atoms with E-state index in [2.05, 4.69) is 5.32 Å². The Kier molecular flexibility index (Phi) is 4.88. The Morgan fingerprint density at radius 1 is 1.03 bits per heavy atom. The molecule has 2 aromatic carbocycles. The number of ketones is 1. The largest absolute Gasteiger partial charge is 0.497 e. The minimum absolute atomic E-state index is 0.0245. The minimum atomic E-state index is -0.468. The number of hydrogen-bond donors (Lipinski definition) is 1. The molecule has 2 aromatic rings. The maximum absolute atomic E-state index is 13.1. The highest BCUT2D eigenvalue weighted by Crippen LogP contribution is 2.43. The zero-order chi connectivity index (χ0) is 20.5. The standard InChI is InChI=1S/C22H20N2O5/c1-29-17-7-5-13(6-8-17)15-10-19-22(20(25)11-15)18(12-21(26)23-19)14-3-2-4-16(9-14)24(27)28/h2-9,15,18H,10-12H2,1H3,(H,23,26)/t15-,18-/m1/s1. The topological polar surface area (TPSA) is 98.5 Å². The Bertz CT molecular complexity index is 1030. The van der Waals surface area contributed by atoms with Gasteiger partial charge in [-0.25, -0.2) is 0 Å². The van der Waals surface area contributed by atoms with Crippen LogP contribution in [0.25, 0.3) is 0 Å². The summed E-state index contributed by atoms with van der Waals surface area (Å²) in [5.74, 6) is 0.0544. The maximum atomic E-state index is 13.1. The van der Waals surface area contributed by atoms with Gasteiger partial charge in [-0.3, -0.25) is 19.7 Å². The molecule has 1 heterocycles. The van der Waals surface area contributed by atoms with Crippen LogP contribution in [-0.2, 0) is 9.59 Å². The van der Waals surface area contributed by atoms with E-state index in [1.54, 1.807) is 19.2 Å². The molecule has 2 aliphatic rings.